The van der Waals surface area contributed by atoms with Crippen LogP contribution in [0.15, 0.2) is 35.6 Å². The molecule has 6 nitrogen and oxygen atoms in total. The van der Waals surface area contributed by atoms with Crippen LogP contribution in [0.5, 0.6) is 5.75 Å². The summed E-state index contributed by atoms with van der Waals surface area (Å²) in [6.07, 6.45) is -0.662. The topological polar surface area (TPSA) is 96.2 Å². The average Bonchev–Trinajstić information content (AvgIpc) is 2.57. The molecule has 0 heterocycles. The van der Waals surface area contributed by atoms with Gasteiger partial charge in [0.05, 0.1) is 19.3 Å². The Morgan fingerprint density at radius 2 is 2.12 bits per heavy atom. The van der Waals surface area contributed by atoms with Gasteiger partial charge in [-0.05, 0) is 30.7 Å². The lowest BCUT2D eigenvalue weighted by atomic mass is 10.1. The molecule has 3 N–H and O–H groups in total. The molecule has 7 heteroatoms. The van der Waals surface area contributed by atoms with Crippen LogP contribution in [0.1, 0.15) is 31.4 Å². The van der Waals surface area contributed by atoms with E-state index >= 15 is 0 Å². The number of carbonyl (C=O) groups excluding carboxylic acids is 1. The molecule has 1 rings (SSSR count). The van der Waals surface area contributed by atoms with Crippen LogP contribution in [0.4, 0.5) is 4.39 Å². The van der Waals surface area contributed by atoms with Crippen molar-refractivity contribution in [3.63, 3.8) is 0 Å². The van der Waals surface area contributed by atoms with Gasteiger partial charge >= 0.3 is 5.97 Å². The molecule has 0 unspecified atom stereocenters. The van der Waals surface area contributed by atoms with Gasteiger partial charge < -0.3 is 24.8 Å². The molecule has 0 aromatic heterocycles. The van der Waals surface area contributed by atoms with Crippen LogP contribution < -0.4 is 0 Å². The second-order valence-corrected chi connectivity index (χ2v) is 5.32. The van der Waals surface area contributed by atoms with Gasteiger partial charge in [0.15, 0.2) is 17.7 Å². The predicted molar refractivity (Wildman–Crippen MR) is 88.4 cm³/mol. The summed E-state index contributed by atoms with van der Waals surface area (Å²) in [5, 5.41) is 28.9. The predicted octanol–water partition coefficient (Wildman–Crippen LogP) is 2.00. The van der Waals surface area contributed by atoms with E-state index < -0.39 is 29.7 Å². The zero-order valence-corrected chi connectivity index (χ0v) is 14.2. The molecule has 1 aromatic rings. The number of hydrogen-bond acceptors (Lipinski definition) is 6. The lowest BCUT2D eigenvalue weighted by Gasteiger charge is -2.11. The van der Waals surface area contributed by atoms with E-state index in [9.17, 15) is 19.4 Å². The van der Waals surface area contributed by atoms with Gasteiger partial charge in [-0.3, -0.25) is 0 Å². The van der Waals surface area contributed by atoms with Gasteiger partial charge in [0.25, 0.3) is 0 Å². The molecule has 0 radical (unpaired) electrons. The van der Waals surface area contributed by atoms with E-state index in [2.05, 4.69) is 5.73 Å². The fraction of sp³-hybridized carbons (Fsp3) is 0.444. The maximum absolute atomic E-state index is 13.3. The van der Waals surface area contributed by atoms with E-state index in [1.165, 1.54) is 25.3 Å². The number of esters is 1. The summed E-state index contributed by atoms with van der Waals surface area (Å²) in [6.45, 7) is 1.96. The number of ether oxygens (including phenoxy) is 2. The lowest BCUT2D eigenvalue weighted by Crippen LogP contribution is -2.24. The Morgan fingerprint density at radius 3 is 2.72 bits per heavy atom. The Bertz CT molecular complexity index is 636. The van der Waals surface area contributed by atoms with Gasteiger partial charge in [0.2, 0.25) is 0 Å². The number of phenols is 1. The number of aliphatic hydroxyl groups is 2. The van der Waals surface area contributed by atoms with Crippen molar-refractivity contribution in [2.45, 2.75) is 32.0 Å². The molecule has 0 saturated carbocycles. The molecule has 138 valence electrons. The molecule has 1 aromatic carbocycles. The lowest BCUT2D eigenvalue weighted by molar-refractivity contribution is -0.152. The third kappa shape index (κ3) is 7.07. The molecule has 25 heavy (non-hydrogen) atoms. The summed E-state index contributed by atoms with van der Waals surface area (Å²) in [5.41, 5.74) is 3.70. The minimum absolute atomic E-state index is 0.00684. The second-order valence-electron chi connectivity index (χ2n) is 5.32. The van der Waals surface area contributed by atoms with Gasteiger partial charge in [0.1, 0.15) is 0 Å². The molecule has 2 atom stereocenters. The minimum Gasteiger partial charge on any atom is -0.505 e. The smallest absolute Gasteiger partial charge is 0.335 e. The quantitative estimate of drug-likeness (QED) is 0.464. The molecule has 0 saturated heterocycles. The first-order chi connectivity index (χ1) is 11.9. The van der Waals surface area contributed by atoms with Gasteiger partial charge in [-0.15, -0.1) is 5.73 Å². The summed E-state index contributed by atoms with van der Waals surface area (Å²) in [4.78, 5) is 11.4. The van der Waals surface area contributed by atoms with Crippen LogP contribution in [-0.4, -0.2) is 47.7 Å². The Balaban J connectivity index is 2.76. The van der Waals surface area contributed by atoms with Gasteiger partial charge in [-0.2, -0.15) is 0 Å². The zero-order valence-electron chi connectivity index (χ0n) is 14.2. The van der Waals surface area contributed by atoms with Crippen molar-refractivity contribution < 1.29 is 34.0 Å². The Labute approximate surface area is 145 Å². The summed E-state index contributed by atoms with van der Waals surface area (Å²) >= 11 is 0. The number of aliphatic hydroxyl groups excluding tert-OH is 2. The van der Waals surface area contributed by atoms with Crippen molar-refractivity contribution in [3.8, 4) is 5.75 Å². The molecule has 0 aliphatic carbocycles. The first-order valence-corrected chi connectivity index (χ1v) is 7.82. The van der Waals surface area contributed by atoms with Crippen LogP contribution >= 0.6 is 0 Å². The molecule has 0 spiro atoms. The van der Waals surface area contributed by atoms with Gasteiger partial charge in [-0.25, -0.2) is 9.18 Å². The number of benzene rings is 1. The molecule has 0 bridgehead atoms. The van der Waals surface area contributed by atoms with Crippen molar-refractivity contribution >= 4 is 5.97 Å². The van der Waals surface area contributed by atoms with E-state index in [0.29, 0.717) is 11.1 Å². The number of halogens is 1. The van der Waals surface area contributed by atoms with Crippen LogP contribution in [-0.2, 0) is 14.3 Å². The van der Waals surface area contributed by atoms with Crippen molar-refractivity contribution in [1.82, 2.24) is 0 Å². The molecule has 0 amide bonds. The van der Waals surface area contributed by atoms with Crippen LogP contribution in [0.3, 0.4) is 0 Å². The molecule has 0 aliphatic heterocycles. The third-order valence-corrected chi connectivity index (χ3v) is 3.32. The normalized spacial score (nSPS) is 12.8. The fourth-order valence-corrected chi connectivity index (χ4v) is 2.07. The number of methoxy groups -OCH3 is 1. The highest BCUT2D eigenvalue weighted by atomic mass is 19.1. The average molecular weight is 354 g/mol. The van der Waals surface area contributed by atoms with Crippen molar-refractivity contribution in [1.29, 1.82) is 0 Å². The Hall–Kier alpha value is -2.18. The maximum atomic E-state index is 13.3. The SMILES string of the molecule is CCOC(=O)[C@H](O)CC(=C=CC[C@@H](O)c1ccc(O)c(F)c1)COC. The van der Waals surface area contributed by atoms with Gasteiger partial charge in [-0.1, -0.05) is 6.07 Å². The van der Waals surface area contributed by atoms with E-state index in [-0.39, 0.29) is 26.1 Å². The van der Waals surface area contributed by atoms with E-state index in [0.717, 1.165) is 6.07 Å². The number of carbonyl (C=O) groups is 1. The summed E-state index contributed by atoms with van der Waals surface area (Å²) in [5.74, 6) is -2.02. The summed E-state index contributed by atoms with van der Waals surface area (Å²) in [6, 6.07) is 3.64. The highest BCUT2D eigenvalue weighted by Gasteiger charge is 2.17. The fourth-order valence-electron chi connectivity index (χ4n) is 2.07. The van der Waals surface area contributed by atoms with E-state index in [1.807, 2.05) is 0 Å². The van der Waals surface area contributed by atoms with E-state index in [1.54, 1.807) is 6.92 Å². The van der Waals surface area contributed by atoms with Crippen molar-refractivity contribution in [2.24, 2.45) is 0 Å². The molecular formula is C18H23FO6. The first kappa shape index (κ1) is 20.9. The van der Waals surface area contributed by atoms with Crippen LogP contribution in [0, 0.1) is 5.82 Å². The monoisotopic (exact) mass is 354 g/mol. The number of aromatic hydroxyl groups is 1. The summed E-state index contributed by atoms with van der Waals surface area (Å²) < 4.78 is 23.0. The van der Waals surface area contributed by atoms with Crippen molar-refractivity contribution in [3.05, 3.63) is 47.0 Å². The summed E-state index contributed by atoms with van der Waals surface area (Å²) in [7, 11) is 1.46. The highest BCUT2D eigenvalue weighted by Crippen LogP contribution is 2.23. The Kier molecular flexibility index (Phi) is 8.88. The zero-order chi connectivity index (χ0) is 18.8. The highest BCUT2D eigenvalue weighted by molar-refractivity contribution is 5.74. The number of rotatable bonds is 9. The third-order valence-electron chi connectivity index (χ3n) is 3.32. The Morgan fingerprint density at radius 1 is 1.40 bits per heavy atom. The molecule has 0 fully saturated rings. The maximum Gasteiger partial charge on any atom is 0.335 e. The van der Waals surface area contributed by atoms with Gasteiger partial charge in [0, 0.05) is 25.5 Å². The minimum atomic E-state index is -1.32. The van der Waals surface area contributed by atoms with Crippen molar-refractivity contribution in [2.75, 3.05) is 20.3 Å². The standard InChI is InChI=1S/C18H23FO6/c1-3-25-18(23)17(22)9-12(11-24-2)5-4-6-15(20)13-7-8-16(21)14(19)10-13/h4,7-8,10,15,17,20-22H,3,6,9,11H2,1-2H3/t5?,15-,17-/m1/s1. The molecular weight excluding hydrogens is 331 g/mol. The second kappa shape index (κ2) is 10.6. The number of hydrogen-bond donors (Lipinski definition) is 3. The van der Waals surface area contributed by atoms with Crippen LogP contribution in [0.2, 0.25) is 0 Å². The largest absolute Gasteiger partial charge is 0.505 e. The number of phenolic OH excluding ortho intramolecular Hbond substituents is 1. The molecule has 0 aliphatic rings. The van der Waals surface area contributed by atoms with E-state index in [4.69, 9.17) is 14.6 Å². The first-order valence-electron chi connectivity index (χ1n) is 7.82. The van der Waals surface area contributed by atoms with Crippen LogP contribution in [0.25, 0.3) is 0 Å².